The van der Waals surface area contributed by atoms with Gasteiger partial charge in [-0.15, -0.1) is 11.3 Å². The van der Waals surface area contributed by atoms with Gasteiger partial charge in [0.2, 0.25) is 0 Å². The Morgan fingerprint density at radius 1 is 1.35 bits per heavy atom. The fourth-order valence-electron chi connectivity index (χ4n) is 2.53. The fourth-order valence-corrected chi connectivity index (χ4v) is 3.36. The van der Waals surface area contributed by atoms with E-state index in [4.69, 9.17) is 4.42 Å². The molecule has 0 bridgehead atoms. The van der Waals surface area contributed by atoms with Crippen LogP contribution in [-0.4, -0.2) is 12.1 Å². The van der Waals surface area contributed by atoms with Crippen molar-refractivity contribution in [3.8, 4) is 11.1 Å². The molecular formula is C15H18N2O2S. The molecule has 20 heavy (non-hydrogen) atoms. The lowest BCUT2D eigenvalue weighted by atomic mass is 10.2. The molecule has 3 rings (SSSR count). The number of urea groups is 1. The minimum Gasteiger partial charge on any atom is -0.472 e. The van der Waals surface area contributed by atoms with E-state index < -0.39 is 0 Å². The molecule has 2 heterocycles. The van der Waals surface area contributed by atoms with Crippen LogP contribution in [0, 0.1) is 0 Å². The Morgan fingerprint density at radius 3 is 2.95 bits per heavy atom. The molecule has 1 saturated carbocycles. The SMILES string of the molecule is O=C(NCc1cc(-c2ccoc2)cs1)NC1CCCC1. The molecule has 0 spiro atoms. The van der Waals surface area contributed by atoms with Crippen molar-refractivity contribution in [3.63, 3.8) is 0 Å². The van der Waals surface area contributed by atoms with Crippen molar-refractivity contribution in [1.82, 2.24) is 10.6 Å². The highest BCUT2D eigenvalue weighted by Gasteiger charge is 2.16. The van der Waals surface area contributed by atoms with E-state index in [0.717, 1.165) is 28.8 Å². The molecule has 0 atom stereocenters. The van der Waals surface area contributed by atoms with Crippen LogP contribution < -0.4 is 10.6 Å². The van der Waals surface area contributed by atoms with Gasteiger partial charge in [-0.25, -0.2) is 4.79 Å². The Morgan fingerprint density at radius 2 is 2.20 bits per heavy atom. The Hall–Kier alpha value is -1.75. The summed E-state index contributed by atoms with van der Waals surface area (Å²) in [6.07, 6.45) is 8.06. The van der Waals surface area contributed by atoms with Crippen molar-refractivity contribution in [2.45, 2.75) is 38.3 Å². The van der Waals surface area contributed by atoms with Gasteiger partial charge in [0.25, 0.3) is 0 Å². The molecule has 4 nitrogen and oxygen atoms in total. The zero-order valence-electron chi connectivity index (χ0n) is 11.2. The average molecular weight is 290 g/mol. The highest BCUT2D eigenvalue weighted by molar-refractivity contribution is 7.10. The second-order valence-electron chi connectivity index (χ2n) is 5.12. The summed E-state index contributed by atoms with van der Waals surface area (Å²) in [7, 11) is 0. The van der Waals surface area contributed by atoms with Crippen LogP contribution in [0.15, 0.2) is 34.5 Å². The number of rotatable bonds is 4. The predicted octanol–water partition coefficient (Wildman–Crippen LogP) is 3.75. The first-order chi connectivity index (χ1) is 9.81. The van der Waals surface area contributed by atoms with Crippen LogP contribution >= 0.6 is 11.3 Å². The molecule has 2 N–H and O–H groups in total. The molecule has 1 fully saturated rings. The second kappa shape index (κ2) is 6.13. The van der Waals surface area contributed by atoms with Crippen LogP contribution in [0.4, 0.5) is 4.79 Å². The van der Waals surface area contributed by atoms with Crippen molar-refractivity contribution in [2.24, 2.45) is 0 Å². The summed E-state index contributed by atoms with van der Waals surface area (Å²) < 4.78 is 5.08. The minimum atomic E-state index is -0.0600. The summed E-state index contributed by atoms with van der Waals surface area (Å²) in [4.78, 5) is 12.9. The van der Waals surface area contributed by atoms with Crippen LogP contribution in [0.3, 0.4) is 0 Å². The Bertz CT molecular complexity index is 556. The molecule has 2 aromatic rings. The van der Waals surface area contributed by atoms with Crippen LogP contribution in [0.2, 0.25) is 0 Å². The summed E-state index contributed by atoms with van der Waals surface area (Å²) >= 11 is 1.65. The maximum Gasteiger partial charge on any atom is 0.315 e. The van der Waals surface area contributed by atoms with E-state index in [1.807, 2.05) is 6.07 Å². The molecule has 1 aliphatic rings. The molecule has 0 radical (unpaired) electrons. The van der Waals surface area contributed by atoms with E-state index >= 15 is 0 Å². The summed E-state index contributed by atoms with van der Waals surface area (Å²) in [5.41, 5.74) is 2.21. The van der Waals surface area contributed by atoms with Gasteiger partial charge >= 0.3 is 6.03 Å². The average Bonchev–Trinajstić information content (AvgIpc) is 3.18. The first-order valence-corrected chi connectivity index (χ1v) is 7.83. The topological polar surface area (TPSA) is 54.3 Å². The number of furan rings is 1. The molecule has 5 heteroatoms. The zero-order valence-corrected chi connectivity index (χ0v) is 12.0. The molecule has 0 unspecified atom stereocenters. The largest absolute Gasteiger partial charge is 0.472 e. The second-order valence-corrected chi connectivity index (χ2v) is 6.12. The van der Waals surface area contributed by atoms with Gasteiger partial charge in [0.15, 0.2) is 0 Å². The van der Waals surface area contributed by atoms with Crippen LogP contribution in [0.25, 0.3) is 11.1 Å². The molecular weight excluding hydrogens is 272 g/mol. The van der Waals surface area contributed by atoms with Gasteiger partial charge in [0, 0.05) is 16.5 Å². The minimum absolute atomic E-state index is 0.0600. The molecule has 2 amide bonds. The normalized spacial score (nSPS) is 15.4. The zero-order chi connectivity index (χ0) is 13.8. The van der Waals surface area contributed by atoms with Crippen LogP contribution in [-0.2, 0) is 6.54 Å². The summed E-state index contributed by atoms with van der Waals surface area (Å²) in [6, 6.07) is 4.33. The molecule has 0 saturated heterocycles. The number of hydrogen-bond acceptors (Lipinski definition) is 3. The van der Waals surface area contributed by atoms with Crippen molar-refractivity contribution in [2.75, 3.05) is 0 Å². The lowest BCUT2D eigenvalue weighted by molar-refractivity contribution is 0.237. The Labute approximate surface area is 122 Å². The van der Waals surface area contributed by atoms with E-state index in [0.29, 0.717) is 12.6 Å². The standard InChI is InChI=1S/C15H18N2O2S/c18-15(17-13-3-1-2-4-13)16-8-14-7-12(10-20-14)11-5-6-19-9-11/h5-7,9-10,13H,1-4,8H2,(H2,16,17,18). The first-order valence-electron chi connectivity index (χ1n) is 6.95. The highest BCUT2D eigenvalue weighted by atomic mass is 32.1. The lowest BCUT2D eigenvalue weighted by Crippen LogP contribution is -2.40. The van der Waals surface area contributed by atoms with Gasteiger partial charge in [-0.2, -0.15) is 0 Å². The van der Waals surface area contributed by atoms with Gasteiger partial charge < -0.3 is 15.1 Å². The summed E-state index contributed by atoms with van der Waals surface area (Å²) in [5.74, 6) is 0. The third-order valence-electron chi connectivity index (χ3n) is 3.62. The van der Waals surface area contributed by atoms with E-state index in [1.165, 1.54) is 12.8 Å². The quantitative estimate of drug-likeness (QED) is 0.901. The third-order valence-corrected chi connectivity index (χ3v) is 4.56. The van der Waals surface area contributed by atoms with Crippen molar-refractivity contribution in [1.29, 1.82) is 0 Å². The third kappa shape index (κ3) is 3.22. The Balaban J connectivity index is 1.49. The summed E-state index contributed by atoms with van der Waals surface area (Å²) in [6.45, 7) is 0.571. The first kappa shape index (κ1) is 13.2. The van der Waals surface area contributed by atoms with Gasteiger partial charge in [-0.3, -0.25) is 0 Å². The smallest absolute Gasteiger partial charge is 0.315 e. The van der Waals surface area contributed by atoms with Gasteiger partial charge in [-0.05, 0) is 35.9 Å². The maximum absolute atomic E-state index is 11.8. The van der Waals surface area contributed by atoms with Crippen molar-refractivity contribution < 1.29 is 9.21 Å². The van der Waals surface area contributed by atoms with E-state index in [1.54, 1.807) is 23.9 Å². The number of carbonyl (C=O) groups excluding carboxylic acids is 1. The fraction of sp³-hybridized carbons (Fsp3) is 0.400. The van der Waals surface area contributed by atoms with E-state index in [2.05, 4.69) is 22.1 Å². The maximum atomic E-state index is 11.8. The summed E-state index contributed by atoms with van der Waals surface area (Å²) in [5, 5.41) is 8.02. The van der Waals surface area contributed by atoms with E-state index in [-0.39, 0.29) is 6.03 Å². The van der Waals surface area contributed by atoms with Crippen molar-refractivity contribution in [3.05, 3.63) is 34.9 Å². The number of carbonyl (C=O) groups is 1. The van der Waals surface area contributed by atoms with Crippen LogP contribution in [0.1, 0.15) is 30.6 Å². The monoisotopic (exact) mass is 290 g/mol. The van der Waals surface area contributed by atoms with Crippen LogP contribution in [0.5, 0.6) is 0 Å². The molecule has 1 aliphatic carbocycles. The van der Waals surface area contributed by atoms with E-state index in [9.17, 15) is 4.79 Å². The predicted molar refractivity (Wildman–Crippen MR) is 79.6 cm³/mol. The van der Waals surface area contributed by atoms with Gasteiger partial charge in [0.1, 0.15) is 0 Å². The van der Waals surface area contributed by atoms with Crippen molar-refractivity contribution >= 4 is 17.4 Å². The lowest BCUT2D eigenvalue weighted by Gasteiger charge is -2.12. The molecule has 106 valence electrons. The molecule has 0 aromatic carbocycles. The highest BCUT2D eigenvalue weighted by Crippen LogP contribution is 2.25. The number of amides is 2. The number of thiophene rings is 1. The number of hydrogen-bond donors (Lipinski definition) is 2. The number of nitrogens with one attached hydrogen (secondary N) is 2. The van der Waals surface area contributed by atoms with Gasteiger partial charge in [-0.1, -0.05) is 12.8 Å². The van der Waals surface area contributed by atoms with Gasteiger partial charge in [0.05, 0.1) is 19.1 Å². The Kier molecular flexibility index (Phi) is 4.06. The molecule has 0 aliphatic heterocycles. The molecule has 2 aromatic heterocycles.